The monoisotopic (exact) mass is 407 g/mol. The highest BCUT2D eigenvalue weighted by Gasteiger charge is 2.39. The first-order valence-electron chi connectivity index (χ1n) is 9.38. The Morgan fingerprint density at radius 1 is 1.22 bits per heavy atom. The second-order valence-corrected chi connectivity index (χ2v) is 8.18. The molecule has 1 aromatic heterocycles. The minimum atomic E-state index is 0. The summed E-state index contributed by atoms with van der Waals surface area (Å²) in [5, 5.41) is 6.22. The van der Waals surface area contributed by atoms with Crippen LogP contribution in [0.1, 0.15) is 43.6 Å². The predicted octanol–water partition coefficient (Wildman–Crippen LogP) is 3.99. The van der Waals surface area contributed by atoms with Crippen molar-refractivity contribution >= 4 is 29.7 Å². The van der Waals surface area contributed by atoms with Crippen molar-refractivity contribution < 1.29 is 9.53 Å². The number of hydrogen-bond donors (Lipinski definition) is 1. The molecule has 2 atom stereocenters. The van der Waals surface area contributed by atoms with Crippen molar-refractivity contribution in [2.24, 2.45) is 0 Å². The fraction of sp³-hybridized carbons (Fsp3) is 0.500. The summed E-state index contributed by atoms with van der Waals surface area (Å²) in [5.74, 6) is 0.939. The maximum absolute atomic E-state index is 13.1. The van der Waals surface area contributed by atoms with Crippen molar-refractivity contribution in [2.75, 3.05) is 13.1 Å². The third-order valence-electron chi connectivity index (χ3n) is 5.09. The van der Waals surface area contributed by atoms with Crippen LogP contribution in [0.15, 0.2) is 29.6 Å². The number of fused-ring (bicyclic) bond motifs is 2. The van der Waals surface area contributed by atoms with Crippen LogP contribution >= 0.6 is 23.7 Å². The van der Waals surface area contributed by atoms with Crippen LogP contribution in [0.25, 0.3) is 10.6 Å². The number of hydrogen-bond acceptors (Lipinski definition) is 5. The lowest BCUT2D eigenvalue weighted by atomic mass is 10.1. The fourth-order valence-corrected chi connectivity index (χ4v) is 4.70. The van der Waals surface area contributed by atoms with Gasteiger partial charge in [-0.15, -0.1) is 23.7 Å². The summed E-state index contributed by atoms with van der Waals surface area (Å²) in [6, 6.07) is 8.60. The minimum Gasteiger partial charge on any atom is -0.491 e. The predicted molar refractivity (Wildman–Crippen MR) is 111 cm³/mol. The van der Waals surface area contributed by atoms with Crippen LogP contribution in [0.3, 0.4) is 0 Å². The molecule has 146 valence electrons. The number of aromatic nitrogens is 1. The molecule has 1 aromatic carbocycles. The third kappa shape index (κ3) is 4.28. The molecule has 0 spiro atoms. The fourth-order valence-electron chi connectivity index (χ4n) is 3.90. The molecule has 2 saturated heterocycles. The summed E-state index contributed by atoms with van der Waals surface area (Å²) in [4.78, 5) is 19.8. The maximum Gasteiger partial charge on any atom is 0.273 e. The lowest BCUT2D eigenvalue weighted by molar-refractivity contribution is 0.0675. The summed E-state index contributed by atoms with van der Waals surface area (Å²) in [6.45, 7) is 5.92. The van der Waals surface area contributed by atoms with E-state index in [-0.39, 0.29) is 24.4 Å². The minimum absolute atomic E-state index is 0. The van der Waals surface area contributed by atoms with Crippen LogP contribution in [0.4, 0.5) is 0 Å². The first kappa shape index (κ1) is 20.1. The van der Waals surface area contributed by atoms with E-state index in [1.54, 1.807) is 0 Å². The summed E-state index contributed by atoms with van der Waals surface area (Å²) < 4.78 is 5.69. The molecule has 2 bridgehead atoms. The number of rotatable bonds is 4. The Hall–Kier alpha value is -1.63. The number of amides is 1. The van der Waals surface area contributed by atoms with Gasteiger partial charge >= 0.3 is 0 Å². The molecule has 0 aliphatic carbocycles. The summed E-state index contributed by atoms with van der Waals surface area (Å²) in [6.07, 6.45) is 3.41. The molecule has 2 aliphatic heterocycles. The molecule has 0 saturated carbocycles. The van der Waals surface area contributed by atoms with Crippen LogP contribution in [0, 0.1) is 0 Å². The highest BCUT2D eigenvalue weighted by molar-refractivity contribution is 7.13. The lowest BCUT2D eigenvalue weighted by Crippen LogP contribution is -2.42. The van der Waals surface area contributed by atoms with E-state index in [0.717, 1.165) is 48.7 Å². The van der Waals surface area contributed by atoms with E-state index >= 15 is 0 Å². The van der Waals surface area contributed by atoms with Crippen molar-refractivity contribution in [2.45, 2.75) is 51.3 Å². The zero-order chi connectivity index (χ0) is 18.1. The molecule has 2 fully saturated rings. The Morgan fingerprint density at radius 3 is 2.70 bits per heavy atom. The molecule has 4 rings (SSSR count). The second-order valence-electron chi connectivity index (χ2n) is 7.32. The smallest absolute Gasteiger partial charge is 0.273 e. The number of carbonyl (C=O) groups excluding carboxylic acids is 1. The molecular weight excluding hydrogens is 382 g/mol. The lowest BCUT2D eigenvalue weighted by Gasteiger charge is -2.27. The van der Waals surface area contributed by atoms with Gasteiger partial charge in [-0.3, -0.25) is 4.79 Å². The largest absolute Gasteiger partial charge is 0.491 e. The molecule has 5 nitrogen and oxygen atoms in total. The quantitative estimate of drug-likeness (QED) is 0.832. The van der Waals surface area contributed by atoms with E-state index in [4.69, 9.17) is 4.74 Å². The van der Waals surface area contributed by atoms with Crippen LogP contribution < -0.4 is 10.1 Å². The van der Waals surface area contributed by atoms with Crippen LogP contribution in [0.2, 0.25) is 0 Å². The third-order valence-corrected chi connectivity index (χ3v) is 5.98. The van der Waals surface area contributed by atoms with Gasteiger partial charge in [0.25, 0.3) is 5.91 Å². The topological polar surface area (TPSA) is 54.5 Å². The van der Waals surface area contributed by atoms with Crippen LogP contribution in [-0.2, 0) is 0 Å². The van der Waals surface area contributed by atoms with Crippen LogP contribution in [0.5, 0.6) is 5.75 Å². The molecule has 7 heteroatoms. The van der Waals surface area contributed by atoms with E-state index in [2.05, 4.69) is 15.2 Å². The highest BCUT2D eigenvalue weighted by Crippen LogP contribution is 2.31. The molecule has 27 heavy (non-hydrogen) atoms. The van der Waals surface area contributed by atoms with E-state index in [1.165, 1.54) is 11.3 Å². The van der Waals surface area contributed by atoms with E-state index in [1.807, 2.05) is 43.5 Å². The zero-order valence-corrected chi connectivity index (χ0v) is 17.3. The molecule has 3 heterocycles. The van der Waals surface area contributed by atoms with E-state index < -0.39 is 0 Å². The SMILES string of the molecule is CC(C)Oc1ccc(-c2nc(C(=O)N3C4CCNCC3CC4)cs2)cc1.Cl. The Labute approximate surface area is 170 Å². The number of thiazole rings is 1. The van der Waals surface area contributed by atoms with Crippen molar-refractivity contribution in [1.29, 1.82) is 0 Å². The molecule has 1 N–H and O–H groups in total. The first-order valence-corrected chi connectivity index (χ1v) is 10.3. The molecule has 1 amide bonds. The molecular formula is C20H26ClN3O2S. The maximum atomic E-state index is 13.1. The van der Waals surface area contributed by atoms with Crippen molar-refractivity contribution in [3.63, 3.8) is 0 Å². The van der Waals surface area contributed by atoms with Gasteiger partial charge in [0.1, 0.15) is 16.5 Å². The Kier molecular flexibility index (Phi) is 6.40. The summed E-state index contributed by atoms with van der Waals surface area (Å²) in [5.41, 5.74) is 1.59. The Morgan fingerprint density at radius 2 is 1.96 bits per heavy atom. The van der Waals surface area contributed by atoms with E-state index in [0.29, 0.717) is 17.8 Å². The molecule has 2 aliphatic rings. The number of nitrogens with one attached hydrogen (secondary N) is 1. The van der Waals surface area contributed by atoms with Crippen molar-refractivity contribution in [3.8, 4) is 16.3 Å². The summed E-state index contributed by atoms with van der Waals surface area (Å²) in [7, 11) is 0. The average molecular weight is 408 g/mol. The van der Waals surface area contributed by atoms with Gasteiger partial charge in [0.05, 0.1) is 6.10 Å². The number of carbonyl (C=O) groups is 1. The molecule has 2 unspecified atom stereocenters. The van der Waals surface area contributed by atoms with Gasteiger partial charge in [-0.05, 0) is 63.9 Å². The van der Waals surface area contributed by atoms with Gasteiger partial charge in [0.2, 0.25) is 0 Å². The Balaban J connectivity index is 0.00000210. The zero-order valence-electron chi connectivity index (χ0n) is 15.7. The standard InChI is InChI=1S/C20H25N3O2S.ClH/c1-13(2)25-17-7-3-14(4-8-17)19-22-18(12-26-19)20(24)23-15-5-6-16(23)11-21-10-9-15;/h3-4,7-8,12-13,15-16,21H,5-6,9-11H2,1-2H3;1H. The second kappa shape index (κ2) is 8.59. The van der Waals surface area contributed by atoms with Crippen molar-refractivity contribution in [3.05, 3.63) is 35.3 Å². The van der Waals surface area contributed by atoms with Crippen molar-refractivity contribution in [1.82, 2.24) is 15.2 Å². The first-order chi connectivity index (χ1) is 12.6. The van der Waals surface area contributed by atoms with Gasteiger partial charge in [-0.1, -0.05) is 0 Å². The van der Waals surface area contributed by atoms with E-state index in [9.17, 15) is 4.79 Å². The molecule has 0 radical (unpaired) electrons. The van der Waals surface area contributed by atoms with Gasteiger partial charge in [-0.2, -0.15) is 0 Å². The van der Waals surface area contributed by atoms with Gasteiger partial charge < -0.3 is 15.0 Å². The Bertz CT molecular complexity index is 764. The van der Waals surface area contributed by atoms with Gasteiger partial charge in [0.15, 0.2) is 0 Å². The number of nitrogens with zero attached hydrogens (tertiary/aromatic N) is 2. The molecule has 2 aromatic rings. The van der Waals surface area contributed by atoms with Gasteiger partial charge in [0, 0.05) is 29.6 Å². The highest BCUT2D eigenvalue weighted by atomic mass is 35.5. The van der Waals surface area contributed by atoms with Crippen LogP contribution in [-0.4, -0.2) is 47.1 Å². The van der Waals surface area contributed by atoms with Gasteiger partial charge in [-0.25, -0.2) is 4.98 Å². The summed E-state index contributed by atoms with van der Waals surface area (Å²) >= 11 is 1.53. The number of halogens is 1. The number of benzene rings is 1. The normalized spacial score (nSPS) is 21.7. The number of ether oxygens (including phenoxy) is 1. The average Bonchev–Trinajstić information content (AvgIpc) is 3.18.